The van der Waals surface area contributed by atoms with Gasteiger partial charge in [-0.05, 0) is 26.8 Å². The summed E-state index contributed by atoms with van der Waals surface area (Å²) in [6.45, 7) is 5.17. The van der Waals surface area contributed by atoms with Gasteiger partial charge in [-0.1, -0.05) is 0 Å². The number of aromatic nitrogens is 1. The summed E-state index contributed by atoms with van der Waals surface area (Å²) >= 11 is 0. The lowest BCUT2D eigenvalue weighted by Crippen LogP contribution is -2.42. The van der Waals surface area contributed by atoms with E-state index >= 15 is 0 Å². The van der Waals surface area contributed by atoms with Gasteiger partial charge in [0.15, 0.2) is 6.04 Å². The van der Waals surface area contributed by atoms with Crippen LogP contribution in [0, 0.1) is 13.8 Å². The first kappa shape index (κ1) is 14.2. The molecule has 2 N–H and O–H groups in total. The van der Waals surface area contributed by atoms with Crippen molar-refractivity contribution < 1.29 is 19.1 Å². The number of hydrogen-bond acceptors (Lipinski definition) is 2. The van der Waals surface area contributed by atoms with Gasteiger partial charge in [0.2, 0.25) is 0 Å². The predicted octanol–water partition coefficient (Wildman–Crippen LogP) is 1.28. The summed E-state index contributed by atoms with van der Waals surface area (Å²) in [6, 6.07) is 0.174. The van der Waals surface area contributed by atoms with Gasteiger partial charge in [0, 0.05) is 17.9 Å². The first-order valence-electron chi connectivity index (χ1n) is 5.68. The van der Waals surface area contributed by atoms with Gasteiger partial charge in [0.25, 0.3) is 5.91 Å². The van der Waals surface area contributed by atoms with Crippen LogP contribution in [0.3, 0.4) is 0 Å². The fraction of sp³-hybridized carbons (Fsp3) is 0.500. The number of hydrogen-bond donors (Lipinski definition) is 2. The minimum absolute atomic E-state index is 0.383. The number of rotatable bonds is 5. The molecule has 0 aliphatic heterocycles. The Kier molecular flexibility index (Phi) is 4.47. The van der Waals surface area contributed by atoms with Crippen LogP contribution < -0.4 is 5.32 Å². The van der Waals surface area contributed by atoms with Gasteiger partial charge < -0.3 is 15.0 Å². The largest absolute Gasteiger partial charge is 0.480 e. The van der Waals surface area contributed by atoms with Crippen LogP contribution in [-0.4, -0.2) is 34.3 Å². The first-order chi connectivity index (χ1) is 8.42. The highest BCUT2D eigenvalue weighted by molar-refractivity contribution is 5.97. The molecule has 1 unspecified atom stereocenters. The van der Waals surface area contributed by atoms with Gasteiger partial charge in [-0.3, -0.25) is 4.79 Å². The zero-order valence-electron chi connectivity index (χ0n) is 10.7. The molecule has 1 aromatic rings. The molecule has 0 spiro atoms. The number of carbonyl (C=O) groups excluding carboxylic acids is 1. The van der Waals surface area contributed by atoms with E-state index in [9.17, 15) is 14.0 Å². The second-order valence-corrected chi connectivity index (χ2v) is 4.05. The Morgan fingerprint density at radius 1 is 1.50 bits per heavy atom. The standard InChI is InChI=1S/C12H17FN2O3/c1-4-15-7(2)5-9(8(15)3)11(16)14-10(6-13)12(17)18/h5,10H,4,6H2,1-3H3,(H,14,16)(H,17,18). The number of nitrogens with one attached hydrogen (secondary N) is 1. The van der Waals surface area contributed by atoms with Crippen LogP contribution in [0.1, 0.15) is 28.7 Å². The van der Waals surface area contributed by atoms with Crippen molar-refractivity contribution in [1.82, 2.24) is 9.88 Å². The van der Waals surface area contributed by atoms with E-state index in [1.54, 1.807) is 13.0 Å². The van der Waals surface area contributed by atoms with E-state index in [4.69, 9.17) is 5.11 Å². The molecule has 6 heteroatoms. The van der Waals surface area contributed by atoms with Crippen molar-refractivity contribution in [2.75, 3.05) is 6.67 Å². The molecule has 5 nitrogen and oxygen atoms in total. The van der Waals surface area contributed by atoms with E-state index < -0.39 is 24.6 Å². The monoisotopic (exact) mass is 256 g/mol. The smallest absolute Gasteiger partial charge is 0.328 e. The zero-order chi connectivity index (χ0) is 13.9. The maximum Gasteiger partial charge on any atom is 0.328 e. The third kappa shape index (κ3) is 2.69. The SMILES string of the molecule is CCn1c(C)cc(C(=O)NC(CF)C(=O)O)c1C. The van der Waals surface area contributed by atoms with E-state index in [2.05, 4.69) is 5.32 Å². The maximum atomic E-state index is 12.4. The summed E-state index contributed by atoms with van der Waals surface area (Å²) in [4.78, 5) is 22.5. The lowest BCUT2D eigenvalue weighted by molar-refractivity contribution is -0.139. The summed E-state index contributed by atoms with van der Waals surface area (Å²) in [7, 11) is 0. The molecule has 1 aromatic heterocycles. The van der Waals surface area contributed by atoms with Crippen molar-refractivity contribution in [3.63, 3.8) is 0 Å². The highest BCUT2D eigenvalue weighted by Gasteiger charge is 2.22. The molecule has 1 atom stereocenters. The summed E-state index contributed by atoms with van der Waals surface area (Å²) < 4.78 is 14.4. The van der Waals surface area contributed by atoms with E-state index in [0.29, 0.717) is 5.56 Å². The van der Waals surface area contributed by atoms with E-state index in [-0.39, 0.29) is 0 Å². The van der Waals surface area contributed by atoms with Gasteiger partial charge in [-0.25, -0.2) is 9.18 Å². The molecule has 1 rings (SSSR count). The van der Waals surface area contributed by atoms with Gasteiger partial charge in [0.1, 0.15) is 6.67 Å². The molecule has 0 fully saturated rings. The highest BCUT2D eigenvalue weighted by Crippen LogP contribution is 2.15. The number of aryl methyl sites for hydroxylation is 1. The number of aliphatic carboxylic acids is 1. The van der Waals surface area contributed by atoms with Crippen LogP contribution >= 0.6 is 0 Å². The summed E-state index contributed by atoms with van der Waals surface area (Å²) in [5.41, 5.74) is 2.04. The molecule has 1 amide bonds. The topological polar surface area (TPSA) is 71.3 Å². The Bertz CT molecular complexity index is 468. The Morgan fingerprint density at radius 3 is 2.50 bits per heavy atom. The fourth-order valence-corrected chi connectivity index (χ4v) is 1.92. The van der Waals surface area contributed by atoms with Gasteiger partial charge in [-0.15, -0.1) is 0 Å². The fourth-order valence-electron chi connectivity index (χ4n) is 1.92. The molecule has 18 heavy (non-hydrogen) atoms. The van der Waals surface area contributed by atoms with Crippen molar-refractivity contribution in [2.24, 2.45) is 0 Å². The Morgan fingerprint density at radius 2 is 2.11 bits per heavy atom. The number of carboxylic acid groups (broad SMARTS) is 1. The second kappa shape index (κ2) is 5.66. The van der Waals surface area contributed by atoms with Crippen molar-refractivity contribution in [3.8, 4) is 0 Å². The number of halogens is 1. The predicted molar refractivity (Wildman–Crippen MR) is 64.4 cm³/mol. The van der Waals surface area contributed by atoms with Gasteiger partial charge in [0.05, 0.1) is 5.56 Å². The molecule has 0 saturated heterocycles. The number of carbonyl (C=O) groups is 2. The Labute approximate surface area is 105 Å². The average Bonchev–Trinajstić information content (AvgIpc) is 2.60. The van der Waals surface area contributed by atoms with Crippen molar-refractivity contribution in [3.05, 3.63) is 23.0 Å². The minimum Gasteiger partial charge on any atom is -0.480 e. The van der Waals surface area contributed by atoms with Crippen LogP contribution in [0.15, 0.2) is 6.07 Å². The highest BCUT2D eigenvalue weighted by atomic mass is 19.1. The minimum atomic E-state index is -1.50. The molecule has 0 radical (unpaired) electrons. The summed E-state index contributed by atoms with van der Waals surface area (Å²) in [6.07, 6.45) is 0. The molecule has 0 bridgehead atoms. The molecule has 1 heterocycles. The normalized spacial score (nSPS) is 12.2. The Balaban J connectivity index is 2.94. The number of carboxylic acids is 1. The number of amides is 1. The lowest BCUT2D eigenvalue weighted by Gasteiger charge is -2.11. The molecular formula is C12H17FN2O3. The number of alkyl halides is 1. The van der Waals surface area contributed by atoms with Gasteiger partial charge >= 0.3 is 5.97 Å². The van der Waals surface area contributed by atoms with Crippen LogP contribution in [0.5, 0.6) is 0 Å². The van der Waals surface area contributed by atoms with Crippen LogP contribution in [0.2, 0.25) is 0 Å². The van der Waals surface area contributed by atoms with E-state index in [1.165, 1.54) is 0 Å². The Hall–Kier alpha value is -1.85. The first-order valence-corrected chi connectivity index (χ1v) is 5.68. The van der Waals surface area contributed by atoms with Gasteiger partial charge in [-0.2, -0.15) is 0 Å². The zero-order valence-corrected chi connectivity index (χ0v) is 10.7. The number of nitrogens with zero attached hydrogens (tertiary/aromatic N) is 1. The van der Waals surface area contributed by atoms with Crippen molar-refractivity contribution in [2.45, 2.75) is 33.4 Å². The van der Waals surface area contributed by atoms with Crippen LogP contribution in [0.4, 0.5) is 4.39 Å². The lowest BCUT2D eigenvalue weighted by atomic mass is 10.2. The summed E-state index contributed by atoms with van der Waals surface area (Å²) in [5.74, 6) is -1.94. The molecule has 0 aromatic carbocycles. The average molecular weight is 256 g/mol. The third-order valence-electron chi connectivity index (χ3n) is 2.89. The second-order valence-electron chi connectivity index (χ2n) is 4.05. The summed E-state index contributed by atoms with van der Waals surface area (Å²) in [5, 5.41) is 10.8. The van der Waals surface area contributed by atoms with Crippen LogP contribution in [0.25, 0.3) is 0 Å². The molecule has 0 saturated carbocycles. The molecule has 100 valence electrons. The molecule has 0 aliphatic carbocycles. The van der Waals surface area contributed by atoms with Crippen molar-refractivity contribution in [1.29, 1.82) is 0 Å². The molecule has 0 aliphatic rings. The van der Waals surface area contributed by atoms with Crippen molar-refractivity contribution >= 4 is 11.9 Å². The van der Waals surface area contributed by atoms with E-state index in [1.807, 2.05) is 18.4 Å². The molecular weight excluding hydrogens is 239 g/mol. The van der Waals surface area contributed by atoms with E-state index in [0.717, 1.165) is 17.9 Å². The van der Waals surface area contributed by atoms with Crippen LogP contribution in [-0.2, 0) is 11.3 Å². The maximum absolute atomic E-state index is 12.4. The quantitative estimate of drug-likeness (QED) is 0.833. The third-order valence-corrected chi connectivity index (χ3v) is 2.89.